The number of carbonyl (C=O) groups excluding carboxylic acids is 1. The zero-order chi connectivity index (χ0) is 19.2. The largest absolute Gasteiger partial charge is 0.339 e. The Morgan fingerprint density at radius 3 is 2.45 bits per heavy atom. The van der Waals surface area contributed by atoms with Crippen molar-refractivity contribution < 1.29 is 4.79 Å². The molecular weight excluding hydrogens is 475 g/mol. The fraction of sp³-hybridized carbons (Fsp3) is 0.455. The molecule has 0 bridgehead atoms. The van der Waals surface area contributed by atoms with Gasteiger partial charge in [-0.15, -0.1) is 49.0 Å². The molecule has 0 saturated carbocycles. The van der Waals surface area contributed by atoms with E-state index in [1.54, 1.807) is 18.0 Å². The third-order valence-electron chi connectivity index (χ3n) is 5.53. The number of hydrogen-bond acceptors (Lipinski definition) is 5. The van der Waals surface area contributed by atoms with Gasteiger partial charge < -0.3 is 4.90 Å². The van der Waals surface area contributed by atoms with E-state index < -0.39 is 0 Å². The fourth-order valence-electron chi connectivity index (χ4n) is 3.90. The minimum atomic E-state index is -0.0835. The van der Waals surface area contributed by atoms with E-state index in [-0.39, 0.29) is 54.5 Å². The van der Waals surface area contributed by atoms with Gasteiger partial charge in [0.1, 0.15) is 0 Å². The van der Waals surface area contributed by atoms with Gasteiger partial charge in [-0.2, -0.15) is 0 Å². The number of benzene rings is 1. The summed E-state index contributed by atoms with van der Waals surface area (Å²) in [5.74, 6) is 1.08. The summed E-state index contributed by atoms with van der Waals surface area (Å²) < 4.78 is 0. The van der Waals surface area contributed by atoms with Crippen LogP contribution in [0.5, 0.6) is 0 Å². The molecule has 2 aromatic rings. The molecule has 5 nitrogen and oxygen atoms in total. The summed E-state index contributed by atoms with van der Waals surface area (Å²) in [6.45, 7) is 4.74. The lowest BCUT2D eigenvalue weighted by atomic mass is 10.1. The van der Waals surface area contributed by atoms with E-state index >= 15 is 0 Å². The van der Waals surface area contributed by atoms with Crippen molar-refractivity contribution in [2.45, 2.75) is 24.3 Å². The highest BCUT2D eigenvalue weighted by atomic mass is 35.5. The standard InChI is InChI=1S/C22H28N4OS.3ClH/c27-22(20-17-28-21(24-20)19-9-4-10-23-16-19)26-14-12-25(13-15-26)11-5-8-18-6-2-1-3-7-18;;;/h1-4,6-7,9-10,16,20-21,24H,5,8,11-15,17H2;3*1H. The van der Waals surface area contributed by atoms with E-state index in [1.165, 1.54) is 12.0 Å². The molecule has 0 radical (unpaired) electrons. The Balaban J connectivity index is 0.00000160. The molecule has 1 aromatic carbocycles. The van der Waals surface area contributed by atoms with Crippen LogP contribution in [-0.4, -0.2) is 65.2 Å². The van der Waals surface area contributed by atoms with Crippen molar-refractivity contribution in [1.29, 1.82) is 0 Å². The highest BCUT2D eigenvalue weighted by Crippen LogP contribution is 2.32. The molecule has 2 aliphatic rings. The Morgan fingerprint density at radius 1 is 1.03 bits per heavy atom. The third-order valence-corrected chi connectivity index (χ3v) is 6.80. The van der Waals surface area contributed by atoms with Gasteiger partial charge >= 0.3 is 0 Å². The Bertz CT molecular complexity index is 764. The SMILES string of the molecule is Cl.Cl.Cl.O=C(C1CSC(c2cccnc2)N1)N1CCN(CCCc2ccccc2)CC1. The Morgan fingerprint density at radius 2 is 1.77 bits per heavy atom. The second-order valence-corrected chi connectivity index (χ2v) is 8.61. The van der Waals surface area contributed by atoms with E-state index in [1.807, 2.05) is 17.2 Å². The summed E-state index contributed by atoms with van der Waals surface area (Å²) in [5.41, 5.74) is 2.55. The van der Waals surface area contributed by atoms with Crippen molar-refractivity contribution in [2.75, 3.05) is 38.5 Å². The number of aromatic nitrogens is 1. The smallest absolute Gasteiger partial charge is 0.240 e. The van der Waals surface area contributed by atoms with Gasteiger partial charge in [0.2, 0.25) is 5.91 Å². The lowest BCUT2D eigenvalue weighted by Crippen LogP contribution is -2.53. The number of amides is 1. The van der Waals surface area contributed by atoms with Crippen molar-refractivity contribution in [3.63, 3.8) is 0 Å². The lowest BCUT2D eigenvalue weighted by molar-refractivity contribution is -0.134. The number of nitrogens with one attached hydrogen (secondary N) is 1. The maximum absolute atomic E-state index is 12.9. The first-order valence-corrected chi connectivity index (χ1v) is 11.2. The summed E-state index contributed by atoms with van der Waals surface area (Å²) in [6, 6.07) is 14.6. The van der Waals surface area contributed by atoms with Gasteiger partial charge in [-0.25, -0.2) is 0 Å². The maximum Gasteiger partial charge on any atom is 0.240 e. The van der Waals surface area contributed by atoms with Crippen molar-refractivity contribution in [3.8, 4) is 0 Å². The second kappa shape index (κ2) is 14.2. The van der Waals surface area contributed by atoms with Crippen LogP contribution >= 0.6 is 49.0 Å². The Labute approximate surface area is 208 Å². The normalized spacial score (nSPS) is 20.8. The molecule has 1 amide bonds. The predicted octanol–water partition coefficient (Wildman–Crippen LogP) is 3.83. The molecule has 31 heavy (non-hydrogen) atoms. The minimum absolute atomic E-state index is 0. The molecule has 2 fully saturated rings. The number of pyridine rings is 1. The maximum atomic E-state index is 12.9. The molecule has 2 saturated heterocycles. The van der Waals surface area contributed by atoms with Crippen LogP contribution < -0.4 is 5.32 Å². The monoisotopic (exact) mass is 504 g/mol. The van der Waals surface area contributed by atoms with Crippen LogP contribution in [0.4, 0.5) is 0 Å². The lowest BCUT2D eigenvalue weighted by Gasteiger charge is -2.36. The quantitative estimate of drug-likeness (QED) is 0.647. The number of hydrogen-bond donors (Lipinski definition) is 1. The molecule has 0 spiro atoms. The highest BCUT2D eigenvalue weighted by Gasteiger charge is 2.34. The minimum Gasteiger partial charge on any atom is -0.339 e. The van der Waals surface area contributed by atoms with E-state index in [0.29, 0.717) is 0 Å². The fourth-order valence-corrected chi connectivity index (χ4v) is 5.12. The van der Waals surface area contributed by atoms with E-state index in [9.17, 15) is 4.79 Å². The van der Waals surface area contributed by atoms with Crippen LogP contribution in [-0.2, 0) is 11.2 Å². The summed E-state index contributed by atoms with van der Waals surface area (Å²) in [5, 5.41) is 3.65. The third kappa shape index (κ3) is 7.81. The van der Waals surface area contributed by atoms with Crippen LogP contribution in [0.3, 0.4) is 0 Å². The number of piperazine rings is 1. The van der Waals surface area contributed by atoms with Gasteiger partial charge in [0.15, 0.2) is 0 Å². The van der Waals surface area contributed by atoms with Gasteiger partial charge in [0.25, 0.3) is 0 Å². The van der Waals surface area contributed by atoms with Crippen LogP contribution in [0.25, 0.3) is 0 Å². The number of carbonyl (C=O) groups is 1. The molecule has 2 atom stereocenters. The van der Waals surface area contributed by atoms with Crippen LogP contribution in [0.2, 0.25) is 0 Å². The first-order valence-electron chi connectivity index (χ1n) is 10.1. The zero-order valence-corrected chi connectivity index (χ0v) is 20.7. The van der Waals surface area contributed by atoms with Crippen LogP contribution in [0, 0.1) is 0 Å². The van der Waals surface area contributed by atoms with Gasteiger partial charge in [-0.3, -0.25) is 20.0 Å². The topological polar surface area (TPSA) is 48.5 Å². The van der Waals surface area contributed by atoms with E-state index in [4.69, 9.17) is 0 Å². The molecular formula is C22H31Cl3N4OS. The molecule has 172 valence electrons. The van der Waals surface area contributed by atoms with Crippen LogP contribution in [0.1, 0.15) is 22.9 Å². The number of rotatable bonds is 6. The predicted molar refractivity (Wildman–Crippen MR) is 136 cm³/mol. The van der Waals surface area contributed by atoms with Gasteiger partial charge in [0.05, 0.1) is 11.4 Å². The van der Waals surface area contributed by atoms with E-state index in [0.717, 1.165) is 50.5 Å². The van der Waals surface area contributed by atoms with Gasteiger partial charge in [-0.05, 0) is 36.6 Å². The number of nitrogens with zero attached hydrogens (tertiary/aromatic N) is 3. The number of halogens is 3. The summed E-state index contributed by atoms with van der Waals surface area (Å²) in [7, 11) is 0. The van der Waals surface area contributed by atoms with Gasteiger partial charge in [-0.1, -0.05) is 36.4 Å². The molecule has 1 N–H and O–H groups in total. The van der Waals surface area contributed by atoms with E-state index in [2.05, 4.69) is 51.6 Å². The van der Waals surface area contributed by atoms with Crippen molar-refractivity contribution >= 4 is 54.9 Å². The molecule has 9 heteroatoms. The van der Waals surface area contributed by atoms with Crippen LogP contribution in [0.15, 0.2) is 54.9 Å². The highest BCUT2D eigenvalue weighted by molar-refractivity contribution is 7.99. The molecule has 2 unspecified atom stereocenters. The van der Waals surface area contributed by atoms with Crippen molar-refractivity contribution in [1.82, 2.24) is 20.1 Å². The molecule has 0 aliphatic carbocycles. The summed E-state index contributed by atoms with van der Waals surface area (Å²) in [4.78, 5) is 21.6. The molecule has 3 heterocycles. The first-order chi connectivity index (χ1) is 13.8. The second-order valence-electron chi connectivity index (χ2n) is 7.48. The molecule has 4 rings (SSSR count). The Hall–Kier alpha value is -1.02. The van der Waals surface area contributed by atoms with Crippen molar-refractivity contribution in [2.24, 2.45) is 0 Å². The first kappa shape index (κ1) is 28.0. The summed E-state index contributed by atoms with van der Waals surface area (Å²) in [6.07, 6.45) is 5.96. The molecule has 1 aromatic heterocycles. The Kier molecular flexibility index (Phi) is 12.8. The zero-order valence-electron chi connectivity index (χ0n) is 17.4. The van der Waals surface area contributed by atoms with Crippen molar-refractivity contribution in [3.05, 3.63) is 66.0 Å². The molecule has 2 aliphatic heterocycles. The van der Waals surface area contributed by atoms with Gasteiger partial charge in [0, 0.05) is 44.3 Å². The number of aryl methyl sites for hydroxylation is 1. The summed E-state index contributed by atoms with van der Waals surface area (Å²) >= 11 is 1.80. The average Bonchev–Trinajstić information content (AvgIpc) is 3.25. The average molecular weight is 506 g/mol. The number of thioether (sulfide) groups is 1.